The summed E-state index contributed by atoms with van der Waals surface area (Å²) in [5.41, 5.74) is 5.23. The SMILES string of the molecule is NCCC(O)C(O)c1ncccn1. The van der Waals surface area contributed by atoms with Crippen molar-refractivity contribution >= 4 is 0 Å². The van der Waals surface area contributed by atoms with Gasteiger partial charge in [0, 0.05) is 12.4 Å². The lowest BCUT2D eigenvalue weighted by Crippen LogP contribution is -2.23. The van der Waals surface area contributed by atoms with E-state index in [9.17, 15) is 10.2 Å². The van der Waals surface area contributed by atoms with Crippen LogP contribution in [0.2, 0.25) is 0 Å². The lowest BCUT2D eigenvalue weighted by atomic mass is 10.1. The maximum atomic E-state index is 9.49. The van der Waals surface area contributed by atoms with Gasteiger partial charge in [-0.3, -0.25) is 0 Å². The van der Waals surface area contributed by atoms with Crippen molar-refractivity contribution in [1.82, 2.24) is 9.97 Å². The molecule has 0 saturated heterocycles. The van der Waals surface area contributed by atoms with Gasteiger partial charge >= 0.3 is 0 Å². The maximum absolute atomic E-state index is 9.49. The first-order valence-corrected chi connectivity index (χ1v) is 4.09. The van der Waals surface area contributed by atoms with Gasteiger partial charge in [0.15, 0.2) is 5.82 Å². The number of nitrogens with zero attached hydrogens (tertiary/aromatic N) is 2. The summed E-state index contributed by atoms with van der Waals surface area (Å²) in [6, 6.07) is 1.64. The lowest BCUT2D eigenvalue weighted by Gasteiger charge is -2.14. The summed E-state index contributed by atoms with van der Waals surface area (Å²) in [7, 11) is 0. The number of nitrogens with two attached hydrogens (primary N) is 1. The average molecular weight is 183 g/mol. The molecular formula is C8H13N3O2. The molecule has 0 aliphatic rings. The summed E-state index contributed by atoms with van der Waals surface area (Å²) in [5.74, 6) is 0.225. The number of hydrogen-bond acceptors (Lipinski definition) is 5. The molecule has 0 spiro atoms. The van der Waals surface area contributed by atoms with Crippen LogP contribution in [0, 0.1) is 0 Å². The van der Waals surface area contributed by atoms with Crippen LogP contribution < -0.4 is 5.73 Å². The predicted molar refractivity (Wildman–Crippen MR) is 46.7 cm³/mol. The van der Waals surface area contributed by atoms with Crippen LogP contribution in [0.3, 0.4) is 0 Å². The highest BCUT2D eigenvalue weighted by Gasteiger charge is 2.19. The van der Waals surface area contributed by atoms with Gasteiger partial charge < -0.3 is 15.9 Å². The molecule has 0 saturated carbocycles. The molecule has 0 amide bonds. The molecular weight excluding hydrogens is 170 g/mol. The summed E-state index contributed by atoms with van der Waals surface area (Å²) in [6.45, 7) is 0.324. The average Bonchev–Trinajstić information content (AvgIpc) is 2.18. The van der Waals surface area contributed by atoms with E-state index in [0.717, 1.165) is 0 Å². The molecule has 5 nitrogen and oxygen atoms in total. The molecule has 0 aliphatic carbocycles. The molecule has 1 aromatic rings. The molecule has 13 heavy (non-hydrogen) atoms. The Balaban J connectivity index is 2.62. The Morgan fingerprint density at radius 2 is 1.92 bits per heavy atom. The molecule has 2 unspecified atom stereocenters. The van der Waals surface area contributed by atoms with Crippen LogP contribution in [0.25, 0.3) is 0 Å². The number of aliphatic hydroxyl groups excluding tert-OH is 2. The van der Waals surface area contributed by atoms with Gasteiger partial charge in [0.2, 0.25) is 0 Å². The number of rotatable bonds is 4. The Morgan fingerprint density at radius 3 is 2.46 bits per heavy atom. The van der Waals surface area contributed by atoms with Crippen LogP contribution in [0.1, 0.15) is 18.3 Å². The molecule has 0 fully saturated rings. The highest BCUT2D eigenvalue weighted by Crippen LogP contribution is 2.13. The number of aromatic nitrogens is 2. The Hall–Kier alpha value is -1.04. The number of hydrogen-bond donors (Lipinski definition) is 3. The third-order valence-corrected chi connectivity index (χ3v) is 1.68. The summed E-state index contributed by atoms with van der Waals surface area (Å²) < 4.78 is 0. The van der Waals surface area contributed by atoms with E-state index in [1.54, 1.807) is 6.07 Å². The number of aliphatic hydroxyl groups is 2. The Kier molecular flexibility index (Phi) is 3.75. The fourth-order valence-electron chi connectivity index (χ4n) is 0.964. The van der Waals surface area contributed by atoms with E-state index in [2.05, 4.69) is 9.97 Å². The molecule has 0 aromatic carbocycles. The van der Waals surface area contributed by atoms with E-state index < -0.39 is 12.2 Å². The fraction of sp³-hybridized carbons (Fsp3) is 0.500. The summed E-state index contributed by atoms with van der Waals surface area (Å²) in [4.78, 5) is 7.64. The first kappa shape index (κ1) is 10.0. The van der Waals surface area contributed by atoms with E-state index in [0.29, 0.717) is 13.0 Å². The van der Waals surface area contributed by atoms with Crippen LogP contribution in [0.4, 0.5) is 0 Å². The van der Waals surface area contributed by atoms with Gasteiger partial charge in [-0.2, -0.15) is 0 Å². The molecule has 0 bridgehead atoms. The Morgan fingerprint density at radius 1 is 1.31 bits per heavy atom. The zero-order chi connectivity index (χ0) is 9.68. The van der Waals surface area contributed by atoms with Gasteiger partial charge in [0.05, 0.1) is 6.10 Å². The highest BCUT2D eigenvalue weighted by atomic mass is 16.3. The van der Waals surface area contributed by atoms with Crippen molar-refractivity contribution in [2.24, 2.45) is 5.73 Å². The minimum absolute atomic E-state index is 0.225. The second kappa shape index (κ2) is 4.86. The van der Waals surface area contributed by atoms with E-state index in [1.807, 2.05) is 0 Å². The topological polar surface area (TPSA) is 92.3 Å². The zero-order valence-corrected chi connectivity index (χ0v) is 7.17. The van der Waals surface area contributed by atoms with Gasteiger partial charge in [0.1, 0.15) is 6.10 Å². The zero-order valence-electron chi connectivity index (χ0n) is 7.17. The Labute approximate surface area is 76.3 Å². The van der Waals surface area contributed by atoms with Gasteiger partial charge in [-0.05, 0) is 19.0 Å². The first-order chi connectivity index (χ1) is 6.25. The van der Waals surface area contributed by atoms with E-state index in [-0.39, 0.29) is 5.82 Å². The van der Waals surface area contributed by atoms with E-state index in [1.165, 1.54) is 12.4 Å². The van der Waals surface area contributed by atoms with Crippen LogP contribution in [0.5, 0.6) is 0 Å². The molecule has 0 aliphatic heterocycles. The maximum Gasteiger partial charge on any atom is 0.159 e. The third kappa shape index (κ3) is 2.73. The van der Waals surface area contributed by atoms with Crippen molar-refractivity contribution < 1.29 is 10.2 Å². The van der Waals surface area contributed by atoms with Crippen LogP contribution in [-0.2, 0) is 0 Å². The molecule has 5 heteroatoms. The fourth-order valence-corrected chi connectivity index (χ4v) is 0.964. The van der Waals surface area contributed by atoms with Crippen molar-refractivity contribution in [3.8, 4) is 0 Å². The van der Waals surface area contributed by atoms with Gasteiger partial charge in [0.25, 0.3) is 0 Å². The summed E-state index contributed by atoms with van der Waals surface area (Å²) >= 11 is 0. The second-order valence-electron chi connectivity index (χ2n) is 2.70. The minimum atomic E-state index is -1.05. The van der Waals surface area contributed by atoms with Crippen LogP contribution in [0.15, 0.2) is 18.5 Å². The van der Waals surface area contributed by atoms with Gasteiger partial charge in [-0.25, -0.2) is 9.97 Å². The molecule has 4 N–H and O–H groups in total. The van der Waals surface area contributed by atoms with Crippen molar-refractivity contribution in [2.45, 2.75) is 18.6 Å². The molecule has 2 atom stereocenters. The monoisotopic (exact) mass is 183 g/mol. The quantitative estimate of drug-likeness (QED) is 0.569. The van der Waals surface area contributed by atoms with Crippen LogP contribution >= 0.6 is 0 Å². The third-order valence-electron chi connectivity index (χ3n) is 1.68. The van der Waals surface area contributed by atoms with Crippen molar-refractivity contribution in [2.75, 3.05) is 6.54 Å². The minimum Gasteiger partial charge on any atom is -0.390 e. The van der Waals surface area contributed by atoms with Crippen molar-refractivity contribution in [3.63, 3.8) is 0 Å². The lowest BCUT2D eigenvalue weighted by molar-refractivity contribution is 0.00973. The van der Waals surface area contributed by atoms with Crippen LogP contribution in [-0.4, -0.2) is 32.8 Å². The molecule has 1 rings (SSSR count). The second-order valence-corrected chi connectivity index (χ2v) is 2.70. The standard InChI is InChI=1S/C8H13N3O2/c9-3-2-6(12)7(13)8-10-4-1-5-11-8/h1,4-7,12-13H,2-3,9H2. The summed E-state index contributed by atoms with van der Waals surface area (Å²) in [6.07, 6.45) is 1.41. The van der Waals surface area contributed by atoms with Gasteiger partial charge in [-0.15, -0.1) is 0 Å². The molecule has 1 aromatic heterocycles. The van der Waals surface area contributed by atoms with Crippen molar-refractivity contribution in [1.29, 1.82) is 0 Å². The predicted octanol–water partition coefficient (Wildman–Crippen LogP) is -0.780. The van der Waals surface area contributed by atoms with Gasteiger partial charge in [-0.1, -0.05) is 0 Å². The smallest absolute Gasteiger partial charge is 0.159 e. The van der Waals surface area contributed by atoms with E-state index in [4.69, 9.17) is 5.73 Å². The molecule has 72 valence electrons. The largest absolute Gasteiger partial charge is 0.390 e. The summed E-state index contributed by atoms with van der Waals surface area (Å²) in [5, 5.41) is 18.9. The van der Waals surface area contributed by atoms with E-state index >= 15 is 0 Å². The first-order valence-electron chi connectivity index (χ1n) is 4.09. The molecule has 1 heterocycles. The Bertz CT molecular complexity index is 242. The highest BCUT2D eigenvalue weighted by molar-refractivity contribution is 4.94. The normalized spacial score (nSPS) is 15.3. The molecule has 0 radical (unpaired) electrons. The van der Waals surface area contributed by atoms with Crippen molar-refractivity contribution in [3.05, 3.63) is 24.3 Å².